The van der Waals surface area contributed by atoms with Crippen LogP contribution in [0.5, 0.6) is 0 Å². The summed E-state index contributed by atoms with van der Waals surface area (Å²) in [5.41, 5.74) is 1.59. The molecule has 5 heteroatoms. The smallest absolute Gasteiger partial charge is 0.232 e. The van der Waals surface area contributed by atoms with Crippen molar-refractivity contribution in [1.82, 2.24) is 4.98 Å². The Morgan fingerprint density at radius 1 is 1.17 bits per heavy atom. The topological polar surface area (TPSA) is 75.0 Å². The van der Waals surface area contributed by atoms with Crippen LogP contribution < -0.4 is 5.32 Å². The van der Waals surface area contributed by atoms with Gasteiger partial charge in [0, 0.05) is 5.92 Å². The first-order chi connectivity index (χ1) is 11.3. The second-order valence-corrected chi connectivity index (χ2v) is 5.63. The largest absolute Gasteiger partial charge is 0.467 e. The Bertz CT molecular complexity index is 831. The summed E-state index contributed by atoms with van der Waals surface area (Å²) in [5, 5.41) is 12.3. The lowest BCUT2D eigenvalue weighted by atomic mass is 10.1. The van der Waals surface area contributed by atoms with Crippen molar-refractivity contribution in [3.63, 3.8) is 0 Å². The van der Waals surface area contributed by atoms with Crippen LogP contribution >= 0.6 is 0 Å². The molecule has 2 aromatic heterocycles. The average Bonchev–Trinajstić information content (AvgIpc) is 3.04. The lowest BCUT2D eigenvalue weighted by Gasteiger charge is -1.99. The monoisotopic (exact) mass is 305 g/mol. The minimum Gasteiger partial charge on any atom is -0.467 e. The average molecular weight is 305 g/mol. The second-order valence-electron chi connectivity index (χ2n) is 5.63. The molecule has 2 heterocycles. The first-order valence-corrected chi connectivity index (χ1v) is 7.57. The number of aromatic nitrogens is 1. The normalized spacial score (nSPS) is 19.3. The maximum absolute atomic E-state index is 9.24. The van der Waals surface area contributed by atoms with Crippen LogP contribution in [0.4, 0.5) is 5.88 Å². The number of nitriles is 1. The number of nitrogens with one attached hydrogen (secondary N) is 1. The van der Waals surface area contributed by atoms with Crippen LogP contribution in [-0.4, -0.2) is 4.98 Å². The van der Waals surface area contributed by atoms with Gasteiger partial charge in [0.15, 0.2) is 0 Å². The molecule has 3 aromatic rings. The molecule has 0 unspecified atom stereocenters. The van der Waals surface area contributed by atoms with Crippen LogP contribution in [0.15, 0.2) is 57.6 Å². The fourth-order valence-corrected chi connectivity index (χ4v) is 2.81. The van der Waals surface area contributed by atoms with Gasteiger partial charge in [0.2, 0.25) is 17.5 Å². The molecule has 1 aliphatic rings. The fourth-order valence-electron chi connectivity index (χ4n) is 2.81. The number of anilines is 1. The van der Waals surface area contributed by atoms with Gasteiger partial charge in [-0.3, -0.25) is 0 Å². The molecular weight excluding hydrogens is 290 g/mol. The second kappa shape index (κ2) is 5.65. The molecule has 23 heavy (non-hydrogen) atoms. The van der Waals surface area contributed by atoms with Crippen molar-refractivity contribution >= 4 is 5.88 Å². The van der Waals surface area contributed by atoms with E-state index in [0.29, 0.717) is 29.9 Å². The van der Waals surface area contributed by atoms with Crippen LogP contribution in [-0.2, 0) is 6.54 Å². The van der Waals surface area contributed by atoms with E-state index in [1.54, 1.807) is 6.26 Å². The van der Waals surface area contributed by atoms with Gasteiger partial charge >= 0.3 is 0 Å². The summed E-state index contributed by atoms with van der Waals surface area (Å²) in [5.74, 6) is 2.51. The van der Waals surface area contributed by atoms with Crippen molar-refractivity contribution in [3.8, 4) is 6.07 Å². The molecule has 2 atom stereocenters. The number of oxazole rings is 1. The molecule has 1 N–H and O–H groups in total. The Kier molecular flexibility index (Phi) is 3.35. The van der Waals surface area contributed by atoms with E-state index < -0.39 is 0 Å². The van der Waals surface area contributed by atoms with E-state index in [1.165, 1.54) is 5.56 Å². The summed E-state index contributed by atoms with van der Waals surface area (Å²) in [6.45, 7) is 0.461. The maximum atomic E-state index is 9.24. The Hall–Kier alpha value is -3.00. The lowest BCUT2D eigenvalue weighted by Crippen LogP contribution is -1.98. The van der Waals surface area contributed by atoms with Gasteiger partial charge in [-0.05, 0) is 30.0 Å². The van der Waals surface area contributed by atoms with Gasteiger partial charge in [0.05, 0.1) is 12.8 Å². The third-order valence-corrected chi connectivity index (χ3v) is 4.09. The molecule has 0 amide bonds. The van der Waals surface area contributed by atoms with E-state index in [0.717, 1.165) is 12.2 Å². The Morgan fingerprint density at radius 3 is 2.78 bits per heavy atom. The number of furan rings is 1. The summed E-state index contributed by atoms with van der Waals surface area (Å²) < 4.78 is 11.1. The van der Waals surface area contributed by atoms with Crippen LogP contribution in [0, 0.1) is 11.3 Å². The van der Waals surface area contributed by atoms with Gasteiger partial charge in [0.1, 0.15) is 11.8 Å². The Balaban J connectivity index is 1.49. The summed E-state index contributed by atoms with van der Waals surface area (Å²) in [6, 6.07) is 16.1. The van der Waals surface area contributed by atoms with Gasteiger partial charge < -0.3 is 14.2 Å². The predicted octanol–water partition coefficient (Wildman–Crippen LogP) is 4.02. The summed E-state index contributed by atoms with van der Waals surface area (Å²) in [4.78, 5) is 4.35. The highest BCUT2D eigenvalue weighted by Gasteiger charge is 2.43. The summed E-state index contributed by atoms with van der Waals surface area (Å²) in [7, 11) is 0. The minimum absolute atomic E-state index is 0.253. The van der Waals surface area contributed by atoms with Crippen molar-refractivity contribution in [2.24, 2.45) is 0 Å². The van der Waals surface area contributed by atoms with Crippen molar-refractivity contribution in [2.45, 2.75) is 24.8 Å². The van der Waals surface area contributed by atoms with Crippen molar-refractivity contribution in [2.75, 3.05) is 5.32 Å². The molecule has 4 rings (SSSR count). The van der Waals surface area contributed by atoms with E-state index in [2.05, 4.69) is 28.5 Å². The molecule has 0 spiro atoms. The highest BCUT2D eigenvalue weighted by Crippen LogP contribution is 2.54. The maximum Gasteiger partial charge on any atom is 0.232 e. The molecule has 1 aromatic carbocycles. The van der Waals surface area contributed by atoms with Crippen molar-refractivity contribution < 1.29 is 8.83 Å². The summed E-state index contributed by atoms with van der Waals surface area (Å²) >= 11 is 0. The van der Waals surface area contributed by atoms with Crippen LogP contribution in [0.1, 0.15) is 41.2 Å². The zero-order chi connectivity index (χ0) is 15.6. The van der Waals surface area contributed by atoms with Gasteiger partial charge in [-0.15, -0.1) is 0 Å². The van der Waals surface area contributed by atoms with Crippen LogP contribution in [0.3, 0.4) is 0 Å². The molecule has 0 aliphatic heterocycles. The van der Waals surface area contributed by atoms with E-state index in [-0.39, 0.29) is 5.92 Å². The molecule has 1 saturated carbocycles. The Morgan fingerprint density at radius 2 is 2.04 bits per heavy atom. The molecule has 0 radical (unpaired) electrons. The molecular formula is C18H15N3O2. The van der Waals surface area contributed by atoms with E-state index >= 15 is 0 Å². The van der Waals surface area contributed by atoms with Gasteiger partial charge in [-0.1, -0.05) is 30.3 Å². The zero-order valence-corrected chi connectivity index (χ0v) is 12.4. The number of hydrogen-bond donors (Lipinski definition) is 1. The molecule has 114 valence electrons. The zero-order valence-electron chi connectivity index (χ0n) is 12.4. The fraction of sp³-hybridized carbons (Fsp3) is 0.222. The predicted molar refractivity (Wildman–Crippen MR) is 83.8 cm³/mol. The lowest BCUT2D eigenvalue weighted by molar-refractivity contribution is 0.492. The van der Waals surface area contributed by atoms with E-state index in [1.807, 2.05) is 30.3 Å². The molecule has 1 aliphatic carbocycles. The summed E-state index contributed by atoms with van der Waals surface area (Å²) in [6.07, 6.45) is 2.62. The SMILES string of the molecule is N#Cc1nc([C@H]2C[C@@H]2c2ccccc2)oc1NCc1ccco1. The quantitative estimate of drug-likeness (QED) is 0.770. The number of hydrogen-bond acceptors (Lipinski definition) is 5. The molecule has 0 saturated heterocycles. The first kappa shape index (κ1) is 13.6. The highest BCUT2D eigenvalue weighted by atomic mass is 16.4. The van der Waals surface area contributed by atoms with Gasteiger partial charge in [-0.25, -0.2) is 4.98 Å². The Labute approximate surface area is 133 Å². The first-order valence-electron chi connectivity index (χ1n) is 7.57. The number of benzene rings is 1. The van der Waals surface area contributed by atoms with Gasteiger partial charge in [0.25, 0.3) is 0 Å². The standard InChI is InChI=1S/C18H15N3O2/c19-10-16-18(20-11-13-7-4-8-22-13)23-17(21-16)15-9-14(15)12-5-2-1-3-6-12/h1-8,14-15,20H,9,11H2/t14-,15+/m1/s1. The van der Waals surface area contributed by atoms with Crippen molar-refractivity contribution in [3.05, 3.63) is 71.6 Å². The van der Waals surface area contributed by atoms with Crippen LogP contribution in [0.25, 0.3) is 0 Å². The van der Waals surface area contributed by atoms with Crippen LogP contribution in [0.2, 0.25) is 0 Å². The molecule has 0 bridgehead atoms. The number of nitrogens with zero attached hydrogens (tertiary/aromatic N) is 2. The molecule has 1 fully saturated rings. The third-order valence-electron chi connectivity index (χ3n) is 4.09. The van der Waals surface area contributed by atoms with Gasteiger partial charge in [-0.2, -0.15) is 5.26 Å². The highest BCUT2D eigenvalue weighted by molar-refractivity contribution is 5.46. The number of rotatable bonds is 5. The van der Waals surface area contributed by atoms with Crippen molar-refractivity contribution in [1.29, 1.82) is 5.26 Å². The third kappa shape index (κ3) is 2.71. The minimum atomic E-state index is 0.253. The van der Waals surface area contributed by atoms with E-state index in [9.17, 15) is 5.26 Å². The molecule has 5 nitrogen and oxygen atoms in total. The van der Waals surface area contributed by atoms with E-state index in [4.69, 9.17) is 8.83 Å².